The van der Waals surface area contributed by atoms with Crippen LogP contribution in [-0.2, 0) is 16.1 Å². The summed E-state index contributed by atoms with van der Waals surface area (Å²) in [5, 5.41) is 2.15. The second kappa shape index (κ2) is 6.13. The average Bonchev–Trinajstić information content (AvgIpc) is 2.73. The van der Waals surface area contributed by atoms with Gasteiger partial charge in [-0.15, -0.1) is 0 Å². The van der Waals surface area contributed by atoms with Crippen LogP contribution < -0.4 is 0 Å². The smallest absolute Gasteiger partial charge is 0.330 e. The van der Waals surface area contributed by atoms with Gasteiger partial charge in [0.05, 0.1) is 17.1 Å². The summed E-state index contributed by atoms with van der Waals surface area (Å²) in [6.07, 6.45) is 5.07. The van der Waals surface area contributed by atoms with Crippen molar-refractivity contribution in [3.8, 4) is 0 Å². The van der Waals surface area contributed by atoms with Gasteiger partial charge in [0.1, 0.15) is 0 Å². The van der Waals surface area contributed by atoms with Gasteiger partial charge in [-0.2, -0.15) is 0 Å². The summed E-state index contributed by atoms with van der Waals surface area (Å²) >= 11 is 12.1. The van der Waals surface area contributed by atoms with Crippen LogP contribution in [0.4, 0.5) is 0 Å². The van der Waals surface area contributed by atoms with E-state index >= 15 is 0 Å². The molecule has 0 bridgehead atoms. The minimum Gasteiger partial charge on any atom is -0.463 e. The fourth-order valence-corrected chi connectivity index (χ4v) is 2.38. The number of aromatic nitrogens is 1. The maximum atomic E-state index is 11.2. The summed E-state index contributed by atoms with van der Waals surface area (Å²) in [5.74, 6) is -0.338. The fraction of sp³-hybridized carbons (Fsp3) is 0.214. The molecule has 0 atom stereocenters. The molecule has 0 amide bonds. The van der Waals surface area contributed by atoms with E-state index in [-0.39, 0.29) is 5.97 Å². The van der Waals surface area contributed by atoms with Gasteiger partial charge in [0.25, 0.3) is 0 Å². The SMILES string of the molecule is CCOC(=O)/C=C/Cn1ccc2c(Cl)cc(Cl)cc21. The second-order valence-electron chi connectivity index (χ2n) is 3.94. The summed E-state index contributed by atoms with van der Waals surface area (Å²) in [7, 11) is 0. The van der Waals surface area contributed by atoms with Crippen LogP contribution in [0.3, 0.4) is 0 Å². The van der Waals surface area contributed by atoms with Crippen LogP contribution in [0, 0.1) is 0 Å². The van der Waals surface area contributed by atoms with E-state index < -0.39 is 0 Å². The lowest BCUT2D eigenvalue weighted by molar-refractivity contribution is -0.137. The van der Waals surface area contributed by atoms with Crippen molar-refractivity contribution < 1.29 is 9.53 Å². The van der Waals surface area contributed by atoms with Crippen molar-refractivity contribution in [2.45, 2.75) is 13.5 Å². The number of rotatable bonds is 4. The lowest BCUT2D eigenvalue weighted by atomic mass is 10.2. The molecule has 0 fully saturated rings. The average molecular weight is 298 g/mol. The number of nitrogens with zero attached hydrogens (tertiary/aromatic N) is 1. The van der Waals surface area contributed by atoms with Crippen LogP contribution >= 0.6 is 23.2 Å². The first-order valence-electron chi connectivity index (χ1n) is 5.89. The number of esters is 1. The number of hydrogen-bond donors (Lipinski definition) is 0. The van der Waals surface area contributed by atoms with E-state index in [0.29, 0.717) is 23.2 Å². The van der Waals surface area contributed by atoms with Gasteiger partial charge in [-0.1, -0.05) is 29.3 Å². The molecule has 2 aromatic rings. The molecular weight excluding hydrogens is 285 g/mol. The van der Waals surface area contributed by atoms with Crippen LogP contribution in [-0.4, -0.2) is 17.1 Å². The zero-order valence-corrected chi connectivity index (χ0v) is 11.9. The minimum absolute atomic E-state index is 0.338. The Balaban J connectivity index is 2.20. The van der Waals surface area contributed by atoms with Crippen LogP contribution in [0.5, 0.6) is 0 Å². The summed E-state index contributed by atoms with van der Waals surface area (Å²) in [4.78, 5) is 11.2. The van der Waals surface area contributed by atoms with Crippen molar-refractivity contribution in [2.75, 3.05) is 6.61 Å². The van der Waals surface area contributed by atoms with Crippen molar-refractivity contribution in [3.05, 3.63) is 46.6 Å². The molecule has 0 aliphatic rings. The number of ether oxygens (including phenoxy) is 1. The van der Waals surface area contributed by atoms with Crippen molar-refractivity contribution >= 4 is 40.1 Å². The molecule has 5 heteroatoms. The maximum absolute atomic E-state index is 11.2. The molecule has 0 N–H and O–H groups in total. The van der Waals surface area contributed by atoms with Crippen molar-refractivity contribution in [1.82, 2.24) is 4.57 Å². The third-order valence-corrected chi connectivity index (χ3v) is 3.18. The molecule has 0 saturated carbocycles. The molecule has 0 spiro atoms. The van der Waals surface area contributed by atoms with Crippen molar-refractivity contribution in [3.63, 3.8) is 0 Å². The van der Waals surface area contributed by atoms with Gasteiger partial charge in [0, 0.05) is 29.2 Å². The predicted molar refractivity (Wildman–Crippen MR) is 77.7 cm³/mol. The zero-order chi connectivity index (χ0) is 13.8. The van der Waals surface area contributed by atoms with E-state index in [1.165, 1.54) is 6.08 Å². The first-order chi connectivity index (χ1) is 9.11. The first-order valence-corrected chi connectivity index (χ1v) is 6.64. The number of benzene rings is 1. The highest BCUT2D eigenvalue weighted by atomic mass is 35.5. The monoisotopic (exact) mass is 297 g/mol. The molecule has 1 heterocycles. The van der Waals surface area contributed by atoms with Gasteiger partial charge in [0.15, 0.2) is 0 Å². The third kappa shape index (κ3) is 3.31. The molecule has 0 aliphatic carbocycles. The Bertz CT molecular complexity index is 632. The topological polar surface area (TPSA) is 31.2 Å². The predicted octanol–water partition coefficient (Wildman–Crippen LogP) is 4.07. The molecule has 0 unspecified atom stereocenters. The Kier molecular flexibility index (Phi) is 4.51. The third-order valence-electron chi connectivity index (χ3n) is 2.65. The first kappa shape index (κ1) is 14.0. The van der Waals surface area contributed by atoms with E-state index in [9.17, 15) is 4.79 Å². The highest BCUT2D eigenvalue weighted by Crippen LogP contribution is 2.28. The van der Waals surface area contributed by atoms with Gasteiger partial charge in [-0.05, 0) is 25.1 Å². The largest absolute Gasteiger partial charge is 0.463 e. The molecule has 0 aliphatic heterocycles. The number of carbonyl (C=O) groups excluding carboxylic acids is 1. The Morgan fingerprint density at radius 2 is 2.21 bits per heavy atom. The Labute approximate surface area is 121 Å². The number of carbonyl (C=O) groups is 1. The number of allylic oxidation sites excluding steroid dienone is 1. The lowest BCUT2D eigenvalue weighted by Gasteiger charge is -2.03. The molecule has 1 aromatic heterocycles. The van der Waals surface area contributed by atoms with Crippen LogP contribution in [0.2, 0.25) is 10.0 Å². The standard InChI is InChI=1S/C14H13Cl2NO2/c1-2-19-14(18)4-3-6-17-7-5-11-12(16)8-10(15)9-13(11)17/h3-5,7-9H,2,6H2,1H3/b4-3+. The normalized spacial score (nSPS) is 11.3. The number of halogens is 2. The lowest BCUT2D eigenvalue weighted by Crippen LogP contribution is -2.00. The molecular formula is C14H13Cl2NO2. The molecule has 19 heavy (non-hydrogen) atoms. The fourth-order valence-electron chi connectivity index (χ4n) is 1.83. The highest BCUT2D eigenvalue weighted by Gasteiger charge is 2.05. The number of fused-ring (bicyclic) bond motifs is 1. The molecule has 0 saturated heterocycles. The summed E-state index contributed by atoms with van der Waals surface area (Å²) in [6, 6.07) is 5.48. The van der Waals surface area contributed by atoms with Crippen LogP contribution in [0.15, 0.2) is 36.5 Å². The van der Waals surface area contributed by atoms with Crippen LogP contribution in [0.1, 0.15) is 6.92 Å². The van der Waals surface area contributed by atoms with Gasteiger partial charge in [-0.3, -0.25) is 0 Å². The Hall–Kier alpha value is -1.45. The Morgan fingerprint density at radius 1 is 1.42 bits per heavy atom. The van der Waals surface area contributed by atoms with Crippen LogP contribution in [0.25, 0.3) is 10.9 Å². The second-order valence-corrected chi connectivity index (χ2v) is 4.79. The maximum Gasteiger partial charge on any atom is 0.330 e. The molecule has 3 nitrogen and oxygen atoms in total. The summed E-state index contributed by atoms with van der Waals surface area (Å²) in [5.41, 5.74) is 0.936. The number of hydrogen-bond acceptors (Lipinski definition) is 2. The molecule has 2 rings (SSSR count). The van der Waals surface area contributed by atoms with E-state index in [0.717, 1.165) is 10.9 Å². The molecule has 1 aromatic carbocycles. The van der Waals surface area contributed by atoms with Gasteiger partial charge < -0.3 is 9.30 Å². The van der Waals surface area contributed by atoms with Gasteiger partial charge >= 0.3 is 5.97 Å². The van der Waals surface area contributed by atoms with E-state index in [2.05, 4.69) is 0 Å². The van der Waals surface area contributed by atoms with E-state index in [4.69, 9.17) is 27.9 Å². The molecule has 0 radical (unpaired) electrons. The summed E-state index contributed by atoms with van der Waals surface area (Å²) in [6.45, 7) is 2.70. The quantitative estimate of drug-likeness (QED) is 0.629. The van der Waals surface area contributed by atoms with E-state index in [1.807, 2.05) is 22.9 Å². The van der Waals surface area contributed by atoms with Crippen molar-refractivity contribution in [1.29, 1.82) is 0 Å². The Morgan fingerprint density at radius 3 is 2.95 bits per heavy atom. The van der Waals surface area contributed by atoms with Gasteiger partial charge in [0.2, 0.25) is 0 Å². The van der Waals surface area contributed by atoms with Gasteiger partial charge in [-0.25, -0.2) is 4.79 Å². The summed E-state index contributed by atoms with van der Waals surface area (Å²) < 4.78 is 6.77. The highest BCUT2D eigenvalue weighted by molar-refractivity contribution is 6.38. The molecule has 100 valence electrons. The minimum atomic E-state index is -0.338. The van der Waals surface area contributed by atoms with Crippen molar-refractivity contribution in [2.24, 2.45) is 0 Å². The zero-order valence-electron chi connectivity index (χ0n) is 10.4. The van der Waals surface area contributed by atoms with E-state index in [1.54, 1.807) is 19.1 Å².